The van der Waals surface area contributed by atoms with Gasteiger partial charge in [0.05, 0.1) is 0 Å². The molecule has 1 aliphatic rings. The Labute approximate surface area is 94.7 Å². The van der Waals surface area contributed by atoms with Gasteiger partial charge in [0, 0.05) is 25.3 Å². The second kappa shape index (κ2) is 4.82. The monoisotopic (exact) mass is 248 g/mol. The summed E-state index contributed by atoms with van der Waals surface area (Å²) in [6.45, 7) is 1.72. The Morgan fingerprint density at radius 2 is 2.19 bits per heavy atom. The first-order valence-electron chi connectivity index (χ1n) is 5.06. The summed E-state index contributed by atoms with van der Waals surface area (Å²) < 4.78 is 22.3. The minimum atomic E-state index is -3.36. The number of hydrogen-bond acceptors (Lipinski definition) is 4. The van der Waals surface area contributed by atoms with Crippen LogP contribution in [0, 0.1) is 0 Å². The lowest BCUT2D eigenvalue weighted by Gasteiger charge is -2.24. The second-order valence-corrected chi connectivity index (χ2v) is 6.39. The summed E-state index contributed by atoms with van der Waals surface area (Å²) in [5, 5.41) is 4.17. The highest BCUT2D eigenvalue weighted by atomic mass is 32.2. The summed E-state index contributed by atoms with van der Waals surface area (Å²) in [6.07, 6.45) is 1.94. The molecule has 0 spiro atoms. The van der Waals surface area contributed by atoms with Gasteiger partial charge >= 0.3 is 0 Å². The Kier molecular flexibility index (Phi) is 3.90. The van der Waals surface area contributed by atoms with Crippen molar-refractivity contribution in [1.29, 1.82) is 0 Å². The van der Waals surface area contributed by atoms with Crippen molar-refractivity contribution >= 4 is 21.7 Å². The molecule has 92 valence electrons. The summed E-state index contributed by atoms with van der Waals surface area (Å²) in [4.78, 5) is 22.4. The number of rotatable bonds is 3. The molecule has 0 aromatic heterocycles. The fourth-order valence-corrected chi connectivity index (χ4v) is 1.83. The predicted octanol–water partition coefficient (Wildman–Crippen LogP) is -1.19. The summed E-state index contributed by atoms with van der Waals surface area (Å²) in [7, 11) is -3.36. The first kappa shape index (κ1) is 13.0. The largest absolute Gasteiger partial charge is 0.354 e. The van der Waals surface area contributed by atoms with Crippen LogP contribution in [0.1, 0.15) is 19.8 Å². The molecule has 1 fully saturated rings. The first-order chi connectivity index (χ1) is 7.30. The molecule has 1 heterocycles. The lowest BCUT2D eigenvalue weighted by molar-refractivity contribution is -0.125. The van der Waals surface area contributed by atoms with E-state index in [4.69, 9.17) is 0 Å². The lowest BCUT2D eigenvalue weighted by Crippen LogP contribution is -2.50. The number of sulfone groups is 1. The lowest BCUT2D eigenvalue weighted by atomic mass is 10.1. The van der Waals surface area contributed by atoms with Crippen LogP contribution in [0.5, 0.6) is 0 Å². The number of piperidine rings is 1. The van der Waals surface area contributed by atoms with Gasteiger partial charge in [0.1, 0.15) is 5.25 Å². The number of carbonyl (C=O) groups excluding carboxylic acids is 2. The molecule has 0 radical (unpaired) electrons. The van der Waals surface area contributed by atoms with Crippen molar-refractivity contribution in [1.82, 2.24) is 10.6 Å². The van der Waals surface area contributed by atoms with Gasteiger partial charge in [0.25, 0.3) is 0 Å². The zero-order valence-corrected chi connectivity index (χ0v) is 10.1. The zero-order valence-electron chi connectivity index (χ0n) is 9.32. The molecule has 0 aromatic carbocycles. The molecule has 6 nitrogen and oxygen atoms in total. The fourth-order valence-electron chi connectivity index (χ4n) is 1.37. The smallest absolute Gasteiger partial charge is 0.238 e. The van der Waals surface area contributed by atoms with Crippen LogP contribution in [0.2, 0.25) is 0 Å². The number of carbonyl (C=O) groups is 2. The fraction of sp³-hybridized carbons (Fsp3) is 0.778. The Morgan fingerprint density at radius 3 is 2.62 bits per heavy atom. The van der Waals surface area contributed by atoms with Crippen molar-refractivity contribution in [2.75, 3.05) is 12.8 Å². The van der Waals surface area contributed by atoms with E-state index in [1.807, 2.05) is 0 Å². The van der Waals surface area contributed by atoms with Crippen molar-refractivity contribution in [2.45, 2.75) is 31.1 Å². The highest BCUT2D eigenvalue weighted by Crippen LogP contribution is 2.05. The van der Waals surface area contributed by atoms with Crippen LogP contribution in [0.4, 0.5) is 0 Å². The molecule has 2 unspecified atom stereocenters. The van der Waals surface area contributed by atoms with E-state index >= 15 is 0 Å². The molecule has 2 N–H and O–H groups in total. The summed E-state index contributed by atoms with van der Waals surface area (Å²) in [5.74, 6) is -0.551. The maximum atomic E-state index is 11.5. The Bertz CT molecular complexity index is 380. The molecule has 0 bridgehead atoms. The van der Waals surface area contributed by atoms with Crippen LogP contribution in [-0.4, -0.2) is 44.3 Å². The standard InChI is InChI=1S/C9H16N2O4S/c1-6(16(2,14)15)9(13)11-7-3-4-8(12)10-5-7/h6-7H,3-5H2,1-2H3,(H,10,12)(H,11,13). The van der Waals surface area contributed by atoms with E-state index in [1.54, 1.807) is 0 Å². The van der Waals surface area contributed by atoms with Crippen LogP contribution in [0.25, 0.3) is 0 Å². The van der Waals surface area contributed by atoms with Crippen LogP contribution < -0.4 is 10.6 Å². The molecule has 1 rings (SSSR count). The normalized spacial score (nSPS) is 23.4. The SMILES string of the molecule is CC(C(=O)NC1CCC(=O)NC1)S(C)(=O)=O. The van der Waals surface area contributed by atoms with Gasteiger partial charge in [-0.2, -0.15) is 0 Å². The minimum Gasteiger partial charge on any atom is -0.354 e. The summed E-state index contributed by atoms with van der Waals surface area (Å²) in [5.41, 5.74) is 0. The van der Waals surface area contributed by atoms with Gasteiger partial charge in [0.15, 0.2) is 9.84 Å². The van der Waals surface area contributed by atoms with Crippen LogP contribution >= 0.6 is 0 Å². The maximum absolute atomic E-state index is 11.5. The van der Waals surface area contributed by atoms with Gasteiger partial charge in [0.2, 0.25) is 11.8 Å². The molecule has 0 aliphatic carbocycles. The zero-order chi connectivity index (χ0) is 12.3. The van der Waals surface area contributed by atoms with E-state index in [0.717, 1.165) is 6.26 Å². The molecule has 16 heavy (non-hydrogen) atoms. The van der Waals surface area contributed by atoms with Gasteiger partial charge in [-0.05, 0) is 13.3 Å². The predicted molar refractivity (Wildman–Crippen MR) is 58.5 cm³/mol. The van der Waals surface area contributed by atoms with E-state index in [2.05, 4.69) is 10.6 Å². The van der Waals surface area contributed by atoms with Gasteiger partial charge < -0.3 is 10.6 Å². The quantitative estimate of drug-likeness (QED) is 0.657. The summed E-state index contributed by atoms with van der Waals surface area (Å²) in [6, 6.07) is -0.172. The van der Waals surface area contributed by atoms with Gasteiger partial charge in [-0.15, -0.1) is 0 Å². The average Bonchev–Trinajstić information content (AvgIpc) is 2.19. The van der Waals surface area contributed by atoms with E-state index in [9.17, 15) is 18.0 Å². The van der Waals surface area contributed by atoms with E-state index in [1.165, 1.54) is 6.92 Å². The molecule has 1 saturated heterocycles. The van der Waals surface area contributed by atoms with Crippen molar-refractivity contribution < 1.29 is 18.0 Å². The molecular formula is C9H16N2O4S. The maximum Gasteiger partial charge on any atom is 0.238 e. The van der Waals surface area contributed by atoms with Crippen LogP contribution in [-0.2, 0) is 19.4 Å². The molecule has 7 heteroatoms. The third kappa shape index (κ3) is 3.48. The van der Waals surface area contributed by atoms with E-state index in [-0.39, 0.29) is 11.9 Å². The molecule has 2 amide bonds. The van der Waals surface area contributed by atoms with Crippen molar-refractivity contribution in [3.63, 3.8) is 0 Å². The second-order valence-electron chi connectivity index (χ2n) is 4.02. The Morgan fingerprint density at radius 1 is 1.56 bits per heavy atom. The van der Waals surface area contributed by atoms with Crippen molar-refractivity contribution in [2.24, 2.45) is 0 Å². The average molecular weight is 248 g/mol. The Hall–Kier alpha value is -1.11. The highest BCUT2D eigenvalue weighted by molar-refractivity contribution is 7.92. The van der Waals surface area contributed by atoms with Crippen LogP contribution in [0.3, 0.4) is 0 Å². The van der Waals surface area contributed by atoms with Gasteiger partial charge in [-0.1, -0.05) is 0 Å². The molecule has 1 aliphatic heterocycles. The molecular weight excluding hydrogens is 232 g/mol. The minimum absolute atomic E-state index is 0.0401. The highest BCUT2D eigenvalue weighted by Gasteiger charge is 2.27. The Balaban J connectivity index is 2.49. The topological polar surface area (TPSA) is 92.3 Å². The van der Waals surface area contributed by atoms with E-state index in [0.29, 0.717) is 19.4 Å². The van der Waals surface area contributed by atoms with Crippen LogP contribution in [0.15, 0.2) is 0 Å². The number of nitrogens with one attached hydrogen (secondary N) is 2. The van der Waals surface area contributed by atoms with Gasteiger partial charge in [-0.3, -0.25) is 9.59 Å². The molecule has 2 atom stereocenters. The number of amides is 2. The molecule has 0 aromatic rings. The van der Waals surface area contributed by atoms with Gasteiger partial charge in [-0.25, -0.2) is 8.42 Å². The number of hydrogen-bond donors (Lipinski definition) is 2. The third-order valence-electron chi connectivity index (χ3n) is 2.62. The third-order valence-corrected chi connectivity index (χ3v) is 4.12. The van der Waals surface area contributed by atoms with Crippen molar-refractivity contribution in [3.05, 3.63) is 0 Å². The summed E-state index contributed by atoms with van der Waals surface area (Å²) >= 11 is 0. The molecule has 0 saturated carbocycles. The first-order valence-corrected chi connectivity index (χ1v) is 7.02. The van der Waals surface area contributed by atoms with Crippen molar-refractivity contribution in [3.8, 4) is 0 Å². The van der Waals surface area contributed by atoms with E-state index < -0.39 is 21.0 Å².